The van der Waals surface area contributed by atoms with Crippen LogP contribution in [0.1, 0.15) is 32.3 Å². The molecule has 0 saturated carbocycles. The first-order valence-corrected chi connectivity index (χ1v) is 8.91. The highest BCUT2D eigenvalue weighted by Gasteiger charge is 2.31. The predicted molar refractivity (Wildman–Crippen MR) is 99.3 cm³/mol. The van der Waals surface area contributed by atoms with E-state index in [4.69, 9.17) is 0 Å². The molecule has 1 N–H and O–H groups in total. The third-order valence-electron chi connectivity index (χ3n) is 4.77. The van der Waals surface area contributed by atoms with Gasteiger partial charge in [-0.05, 0) is 30.9 Å². The van der Waals surface area contributed by atoms with Crippen molar-refractivity contribution in [3.63, 3.8) is 0 Å². The summed E-state index contributed by atoms with van der Waals surface area (Å²) in [5, 5.41) is 3.24. The average Bonchev–Trinajstić information content (AvgIpc) is 2.63. The molecule has 0 unspecified atom stereocenters. The number of aromatic nitrogens is 2. The minimum absolute atomic E-state index is 0.130. The van der Waals surface area contributed by atoms with E-state index < -0.39 is 5.41 Å². The van der Waals surface area contributed by atoms with E-state index in [-0.39, 0.29) is 11.9 Å². The Hall–Kier alpha value is -2.43. The van der Waals surface area contributed by atoms with Crippen LogP contribution in [-0.4, -0.2) is 35.0 Å². The number of rotatable bonds is 5. The highest BCUT2D eigenvalue weighted by atomic mass is 16.2. The smallest absolute Gasteiger partial charge is 0.226 e. The topological polar surface area (TPSA) is 58.1 Å². The van der Waals surface area contributed by atoms with Crippen molar-refractivity contribution >= 4 is 11.9 Å². The van der Waals surface area contributed by atoms with E-state index in [0.29, 0.717) is 0 Å². The van der Waals surface area contributed by atoms with Gasteiger partial charge in [0.05, 0.1) is 0 Å². The van der Waals surface area contributed by atoms with Crippen LogP contribution in [0.2, 0.25) is 0 Å². The molecule has 5 heteroatoms. The summed E-state index contributed by atoms with van der Waals surface area (Å²) < 4.78 is 0. The number of piperidine rings is 1. The van der Waals surface area contributed by atoms with Crippen LogP contribution in [0.4, 0.5) is 5.95 Å². The largest absolute Gasteiger partial charge is 0.353 e. The quantitative estimate of drug-likeness (QED) is 0.911. The average molecular weight is 338 g/mol. The van der Waals surface area contributed by atoms with Crippen molar-refractivity contribution in [2.45, 2.75) is 39.2 Å². The maximum absolute atomic E-state index is 12.7. The Morgan fingerprint density at radius 3 is 2.40 bits per heavy atom. The summed E-state index contributed by atoms with van der Waals surface area (Å²) in [4.78, 5) is 23.5. The highest BCUT2D eigenvalue weighted by molar-refractivity contribution is 5.82. The summed E-state index contributed by atoms with van der Waals surface area (Å²) >= 11 is 0. The van der Waals surface area contributed by atoms with E-state index in [0.717, 1.165) is 38.3 Å². The van der Waals surface area contributed by atoms with Crippen molar-refractivity contribution in [2.75, 3.05) is 18.0 Å². The van der Waals surface area contributed by atoms with Gasteiger partial charge in [0.2, 0.25) is 11.9 Å². The summed E-state index contributed by atoms with van der Waals surface area (Å²) in [6, 6.07) is 12.2. The number of benzene rings is 1. The molecule has 1 aromatic carbocycles. The monoisotopic (exact) mass is 338 g/mol. The molecule has 1 fully saturated rings. The zero-order valence-corrected chi connectivity index (χ0v) is 15.0. The van der Waals surface area contributed by atoms with Gasteiger partial charge in [0, 0.05) is 36.9 Å². The summed E-state index contributed by atoms with van der Waals surface area (Å²) in [5.41, 5.74) is 0.778. The Balaban J connectivity index is 1.52. The Bertz CT molecular complexity index is 679. The zero-order chi connectivity index (χ0) is 17.7. The summed E-state index contributed by atoms with van der Waals surface area (Å²) in [5.74, 6) is 0.905. The second kappa shape index (κ2) is 7.64. The van der Waals surface area contributed by atoms with E-state index >= 15 is 0 Å². The minimum atomic E-state index is -0.416. The molecule has 0 bridgehead atoms. The van der Waals surface area contributed by atoms with Gasteiger partial charge >= 0.3 is 0 Å². The van der Waals surface area contributed by atoms with Crippen LogP contribution in [0, 0.1) is 5.41 Å². The van der Waals surface area contributed by atoms with Crippen molar-refractivity contribution in [3.8, 4) is 0 Å². The van der Waals surface area contributed by atoms with Gasteiger partial charge in [0.1, 0.15) is 0 Å². The number of amides is 1. The molecular weight excluding hydrogens is 312 g/mol. The number of carbonyl (C=O) groups is 1. The number of hydrogen-bond acceptors (Lipinski definition) is 4. The van der Waals surface area contributed by atoms with E-state index in [1.54, 1.807) is 12.4 Å². The molecule has 2 heterocycles. The molecule has 1 aliphatic rings. The Kier molecular flexibility index (Phi) is 5.31. The van der Waals surface area contributed by atoms with Crippen LogP contribution in [0.3, 0.4) is 0 Å². The molecule has 0 radical (unpaired) electrons. The second-order valence-corrected chi connectivity index (χ2v) is 7.33. The number of carbonyl (C=O) groups excluding carboxylic acids is 1. The van der Waals surface area contributed by atoms with Gasteiger partial charge in [-0.3, -0.25) is 4.79 Å². The molecule has 2 aromatic rings. The molecule has 1 saturated heterocycles. The normalized spacial score (nSPS) is 15.8. The molecule has 5 nitrogen and oxygen atoms in total. The third kappa shape index (κ3) is 4.56. The van der Waals surface area contributed by atoms with Gasteiger partial charge in [-0.2, -0.15) is 0 Å². The molecule has 0 atom stereocenters. The fraction of sp³-hybridized carbons (Fsp3) is 0.450. The lowest BCUT2D eigenvalue weighted by Gasteiger charge is -2.34. The van der Waals surface area contributed by atoms with Gasteiger partial charge < -0.3 is 10.2 Å². The number of hydrogen-bond donors (Lipinski definition) is 1. The van der Waals surface area contributed by atoms with E-state index in [9.17, 15) is 4.79 Å². The van der Waals surface area contributed by atoms with Crippen molar-refractivity contribution in [1.29, 1.82) is 0 Å². The standard InChI is InChI=1S/C20H26N4O/c1-20(2,15-16-7-4-3-5-8-16)18(25)23-17-9-13-24(14-10-17)19-21-11-6-12-22-19/h3-8,11-12,17H,9-10,13-15H2,1-2H3,(H,23,25). The number of nitrogens with one attached hydrogen (secondary N) is 1. The molecule has 0 aliphatic carbocycles. The molecule has 1 amide bonds. The second-order valence-electron chi connectivity index (χ2n) is 7.33. The van der Waals surface area contributed by atoms with Crippen molar-refractivity contribution in [1.82, 2.24) is 15.3 Å². The van der Waals surface area contributed by atoms with Gasteiger partial charge in [0.25, 0.3) is 0 Å². The van der Waals surface area contributed by atoms with Gasteiger partial charge in [-0.15, -0.1) is 0 Å². The van der Waals surface area contributed by atoms with E-state index in [2.05, 4.69) is 32.3 Å². The summed E-state index contributed by atoms with van der Waals surface area (Å²) in [6.07, 6.45) is 6.12. The van der Waals surface area contributed by atoms with Crippen molar-refractivity contribution in [3.05, 3.63) is 54.4 Å². The van der Waals surface area contributed by atoms with Gasteiger partial charge in [0.15, 0.2) is 0 Å². The Labute approximate surface area is 149 Å². The molecule has 25 heavy (non-hydrogen) atoms. The third-order valence-corrected chi connectivity index (χ3v) is 4.77. The zero-order valence-electron chi connectivity index (χ0n) is 15.0. The lowest BCUT2D eigenvalue weighted by atomic mass is 9.84. The summed E-state index contributed by atoms with van der Waals surface area (Å²) in [7, 11) is 0. The molecule has 0 spiro atoms. The molecule has 3 rings (SSSR count). The van der Waals surface area contributed by atoms with E-state index in [1.165, 1.54) is 5.56 Å². The molecule has 132 valence electrons. The van der Waals surface area contributed by atoms with Crippen LogP contribution in [0.15, 0.2) is 48.8 Å². The Morgan fingerprint density at radius 1 is 1.12 bits per heavy atom. The Morgan fingerprint density at radius 2 is 1.76 bits per heavy atom. The highest BCUT2D eigenvalue weighted by Crippen LogP contribution is 2.23. The van der Waals surface area contributed by atoms with Crippen LogP contribution < -0.4 is 10.2 Å². The molecule has 1 aromatic heterocycles. The maximum Gasteiger partial charge on any atom is 0.226 e. The molecular formula is C20H26N4O. The number of nitrogens with zero attached hydrogens (tertiary/aromatic N) is 3. The van der Waals surface area contributed by atoms with Crippen molar-refractivity contribution in [2.24, 2.45) is 5.41 Å². The predicted octanol–water partition coefficient (Wildman–Crippen LogP) is 2.83. The van der Waals surface area contributed by atoms with E-state index in [1.807, 2.05) is 38.1 Å². The maximum atomic E-state index is 12.7. The van der Waals surface area contributed by atoms with Gasteiger partial charge in [-0.1, -0.05) is 44.2 Å². The van der Waals surface area contributed by atoms with Crippen LogP contribution in [0.25, 0.3) is 0 Å². The SMILES string of the molecule is CC(C)(Cc1ccccc1)C(=O)NC1CCN(c2ncccn2)CC1. The minimum Gasteiger partial charge on any atom is -0.353 e. The first kappa shape index (κ1) is 17.4. The fourth-order valence-electron chi connectivity index (χ4n) is 3.25. The first-order valence-electron chi connectivity index (χ1n) is 8.91. The summed E-state index contributed by atoms with van der Waals surface area (Å²) in [6.45, 7) is 5.77. The lowest BCUT2D eigenvalue weighted by Crippen LogP contribution is -2.49. The van der Waals surface area contributed by atoms with Crippen LogP contribution >= 0.6 is 0 Å². The fourth-order valence-corrected chi connectivity index (χ4v) is 3.25. The number of anilines is 1. The van der Waals surface area contributed by atoms with Crippen molar-refractivity contribution < 1.29 is 4.79 Å². The lowest BCUT2D eigenvalue weighted by molar-refractivity contribution is -0.130. The van der Waals surface area contributed by atoms with Crippen LogP contribution in [-0.2, 0) is 11.2 Å². The van der Waals surface area contributed by atoms with Gasteiger partial charge in [-0.25, -0.2) is 9.97 Å². The first-order chi connectivity index (χ1) is 12.0. The molecule has 1 aliphatic heterocycles. The van der Waals surface area contributed by atoms with Crippen LogP contribution in [0.5, 0.6) is 0 Å².